The maximum Gasteiger partial charge on any atom is 0.147 e. The van der Waals surface area contributed by atoms with Gasteiger partial charge in [-0.15, -0.1) is 0 Å². The molecule has 80 valence electrons. The van der Waals surface area contributed by atoms with Gasteiger partial charge < -0.3 is 4.90 Å². The highest BCUT2D eigenvalue weighted by Crippen LogP contribution is 2.37. The molecule has 0 unspecified atom stereocenters. The summed E-state index contributed by atoms with van der Waals surface area (Å²) in [5, 5.41) is 0. The first-order chi connectivity index (χ1) is 7.45. The van der Waals surface area contributed by atoms with E-state index in [9.17, 15) is 0 Å². The molecule has 1 aromatic rings. The molecule has 2 fully saturated rings. The van der Waals surface area contributed by atoms with Crippen LogP contribution in [0.25, 0.3) is 0 Å². The van der Waals surface area contributed by atoms with Gasteiger partial charge in [-0.1, -0.05) is 12.8 Å². The molecule has 2 atom stereocenters. The average Bonchev–Trinajstić information content (AvgIpc) is 2.74. The van der Waals surface area contributed by atoms with Gasteiger partial charge in [-0.3, -0.25) is 4.98 Å². The van der Waals surface area contributed by atoms with Crippen molar-refractivity contribution in [2.24, 2.45) is 5.92 Å². The molecule has 15 heavy (non-hydrogen) atoms. The third-order valence-electron chi connectivity index (χ3n) is 3.85. The Morgan fingerprint density at radius 1 is 1.13 bits per heavy atom. The van der Waals surface area contributed by atoms with Gasteiger partial charge in [-0.25, -0.2) is 4.98 Å². The van der Waals surface area contributed by atoms with Gasteiger partial charge in [0.15, 0.2) is 0 Å². The summed E-state index contributed by atoms with van der Waals surface area (Å²) >= 11 is 0. The molecule has 3 heteroatoms. The molecule has 2 aliphatic rings. The van der Waals surface area contributed by atoms with Crippen LogP contribution in [-0.2, 0) is 0 Å². The SMILES string of the molecule is c1cnc(N2CC[C@H]3CCCC[C@H]32)cn1. The van der Waals surface area contributed by atoms with Crippen LogP contribution in [0.4, 0.5) is 5.82 Å². The second-order valence-corrected chi connectivity index (χ2v) is 4.66. The van der Waals surface area contributed by atoms with Crippen molar-refractivity contribution < 1.29 is 0 Å². The molecule has 2 heterocycles. The summed E-state index contributed by atoms with van der Waals surface area (Å²) in [6.45, 7) is 1.17. The lowest BCUT2D eigenvalue weighted by Gasteiger charge is -2.32. The first-order valence-electron chi connectivity index (χ1n) is 5.98. The van der Waals surface area contributed by atoms with Crippen molar-refractivity contribution in [2.75, 3.05) is 11.4 Å². The van der Waals surface area contributed by atoms with Crippen molar-refractivity contribution in [2.45, 2.75) is 38.1 Å². The minimum Gasteiger partial charge on any atom is -0.352 e. The second kappa shape index (κ2) is 3.80. The summed E-state index contributed by atoms with van der Waals surface area (Å²) in [5.41, 5.74) is 0. The van der Waals surface area contributed by atoms with Crippen LogP contribution in [-0.4, -0.2) is 22.6 Å². The third kappa shape index (κ3) is 1.60. The minimum atomic E-state index is 0.746. The summed E-state index contributed by atoms with van der Waals surface area (Å²) in [7, 11) is 0. The van der Waals surface area contributed by atoms with Crippen molar-refractivity contribution in [3.8, 4) is 0 Å². The standard InChI is InChI=1S/C12H17N3/c1-2-4-11-10(3-1)5-8-15(11)12-9-13-6-7-14-12/h6-7,9-11H,1-5,8H2/t10-,11-/m1/s1. The summed E-state index contributed by atoms with van der Waals surface area (Å²) in [4.78, 5) is 11.0. The van der Waals surface area contributed by atoms with Gasteiger partial charge in [0.2, 0.25) is 0 Å². The maximum absolute atomic E-state index is 4.42. The van der Waals surface area contributed by atoms with Crippen molar-refractivity contribution in [3.05, 3.63) is 18.6 Å². The minimum absolute atomic E-state index is 0.746. The summed E-state index contributed by atoms with van der Waals surface area (Å²) in [6, 6.07) is 0.746. The molecule has 0 N–H and O–H groups in total. The Morgan fingerprint density at radius 3 is 2.93 bits per heavy atom. The lowest BCUT2D eigenvalue weighted by atomic mass is 9.85. The molecule has 0 aromatic carbocycles. The van der Waals surface area contributed by atoms with Gasteiger partial charge in [0, 0.05) is 25.0 Å². The molecule has 0 bridgehead atoms. The van der Waals surface area contributed by atoms with Gasteiger partial charge in [0.1, 0.15) is 5.82 Å². The molecule has 1 aliphatic carbocycles. The van der Waals surface area contributed by atoms with Gasteiger partial charge >= 0.3 is 0 Å². The Bertz CT molecular complexity index is 325. The molecule has 3 rings (SSSR count). The Labute approximate surface area is 90.5 Å². The van der Waals surface area contributed by atoms with E-state index in [0.717, 1.165) is 17.8 Å². The highest BCUT2D eigenvalue weighted by atomic mass is 15.2. The predicted molar refractivity (Wildman–Crippen MR) is 59.7 cm³/mol. The van der Waals surface area contributed by atoms with E-state index in [1.807, 2.05) is 6.20 Å². The zero-order chi connectivity index (χ0) is 10.1. The van der Waals surface area contributed by atoms with E-state index >= 15 is 0 Å². The number of hydrogen-bond acceptors (Lipinski definition) is 3. The molecule has 1 saturated heterocycles. The lowest BCUT2D eigenvalue weighted by Crippen LogP contribution is -2.35. The third-order valence-corrected chi connectivity index (χ3v) is 3.85. The van der Waals surface area contributed by atoms with Crippen molar-refractivity contribution in [3.63, 3.8) is 0 Å². The number of aromatic nitrogens is 2. The van der Waals surface area contributed by atoms with Gasteiger partial charge in [0.25, 0.3) is 0 Å². The van der Waals surface area contributed by atoms with E-state index in [1.54, 1.807) is 12.4 Å². The Balaban J connectivity index is 1.82. The zero-order valence-corrected chi connectivity index (χ0v) is 8.97. The van der Waals surface area contributed by atoms with Crippen LogP contribution in [0.15, 0.2) is 18.6 Å². The molecule has 1 saturated carbocycles. The van der Waals surface area contributed by atoms with E-state index < -0.39 is 0 Å². The quantitative estimate of drug-likeness (QED) is 0.701. The van der Waals surface area contributed by atoms with Crippen LogP contribution in [0.1, 0.15) is 32.1 Å². The van der Waals surface area contributed by atoms with E-state index in [-0.39, 0.29) is 0 Å². The fourth-order valence-electron chi connectivity index (χ4n) is 3.13. The van der Waals surface area contributed by atoms with Crippen LogP contribution in [0.3, 0.4) is 0 Å². The maximum atomic E-state index is 4.42. The molecule has 3 nitrogen and oxygen atoms in total. The van der Waals surface area contributed by atoms with Gasteiger partial charge in [0.05, 0.1) is 6.20 Å². The van der Waals surface area contributed by atoms with Crippen molar-refractivity contribution >= 4 is 5.82 Å². The van der Waals surface area contributed by atoms with E-state index in [2.05, 4.69) is 14.9 Å². The van der Waals surface area contributed by atoms with Gasteiger partial charge in [-0.2, -0.15) is 0 Å². The molecule has 0 amide bonds. The fraction of sp³-hybridized carbons (Fsp3) is 0.667. The van der Waals surface area contributed by atoms with Crippen LogP contribution >= 0.6 is 0 Å². The zero-order valence-electron chi connectivity index (χ0n) is 8.97. The number of nitrogens with zero attached hydrogens (tertiary/aromatic N) is 3. The Kier molecular flexibility index (Phi) is 2.31. The highest BCUT2D eigenvalue weighted by Gasteiger charge is 2.36. The molecule has 0 spiro atoms. The predicted octanol–water partition coefficient (Wildman–Crippen LogP) is 2.25. The smallest absolute Gasteiger partial charge is 0.147 e. The molecule has 0 radical (unpaired) electrons. The Hall–Kier alpha value is -1.12. The molecular formula is C12H17N3. The summed E-state index contributed by atoms with van der Waals surface area (Å²) in [5.74, 6) is 1.99. The van der Waals surface area contributed by atoms with Crippen LogP contribution < -0.4 is 4.90 Å². The van der Waals surface area contributed by atoms with E-state index in [0.29, 0.717) is 0 Å². The second-order valence-electron chi connectivity index (χ2n) is 4.66. The molecule has 1 aromatic heterocycles. The Morgan fingerprint density at radius 2 is 2.07 bits per heavy atom. The van der Waals surface area contributed by atoms with E-state index in [4.69, 9.17) is 0 Å². The summed E-state index contributed by atoms with van der Waals surface area (Å²) in [6.07, 6.45) is 12.4. The van der Waals surface area contributed by atoms with Gasteiger partial charge in [-0.05, 0) is 25.2 Å². The number of anilines is 1. The topological polar surface area (TPSA) is 29.0 Å². The first-order valence-corrected chi connectivity index (χ1v) is 5.98. The van der Waals surface area contributed by atoms with Crippen LogP contribution in [0.2, 0.25) is 0 Å². The number of fused-ring (bicyclic) bond motifs is 1. The first kappa shape index (κ1) is 9.13. The van der Waals surface area contributed by atoms with Crippen molar-refractivity contribution in [1.82, 2.24) is 9.97 Å². The van der Waals surface area contributed by atoms with Crippen molar-refractivity contribution in [1.29, 1.82) is 0 Å². The normalized spacial score (nSPS) is 30.3. The number of hydrogen-bond donors (Lipinski definition) is 0. The molecule has 1 aliphatic heterocycles. The van der Waals surface area contributed by atoms with Crippen LogP contribution in [0, 0.1) is 5.92 Å². The largest absolute Gasteiger partial charge is 0.352 e. The average molecular weight is 203 g/mol. The lowest BCUT2D eigenvalue weighted by molar-refractivity contribution is 0.341. The highest BCUT2D eigenvalue weighted by molar-refractivity contribution is 5.39. The summed E-state index contributed by atoms with van der Waals surface area (Å²) < 4.78 is 0. The van der Waals surface area contributed by atoms with E-state index in [1.165, 1.54) is 38.6 Å². The molecular weight excluding hydrogens is 186 g/mol. The fourth-order valence-corrected chi connectivity index (χ4v) is 3.13. The number of rotatable bonds is 1. The van der Waals surface area contributed by atoms with Crippen LogP contribution in [0.5, 0.6) is 0 Å². The monoisotopic (exact) mass is 203 g/mol.